The number of carbonyl (C=O) groups is 1. The van der Waals surface area contributed by atoms with Gasteiger partial charge in [-0.3, -0.25) is 9.48 Å². The van der Waals surface area contributed by atoms with Crippen molar-refractivity contribution in [3.8, 4) is 22.5 Å². The van der Waals surface area contributed by atoms with E-state index in [4.69, 9.17) is 9.97 Å². The van der Waals surface area contributed by atoms with Crippen LogP contribution in [0.3, 0.4) is 0 Å². The number of alkyl halides is 2. The summed E-state index contributed by atoms with van der Waals surface area (Å²) in [6.07, 6.45) is 1.12. The Bertz CT molecular complexity index is 1500. The largest absolute Gasteiger partial charge is 0.338 e. The smallest absolute Gasteiger partial charge is 0.265 e. The fourth-order valence-corrected chi connectivity index (χ4v) is 5.28. The van der Waals surface area contributed by atoms with Crippen molar-refractivity contribution < 1.29 is 13.6 Å². The number of fused-ring (bicyclic) bond motifs is 2. The van der Waals surface area contributed by atoms with Crippen molar-refractivity contribution in [2.45, 2.75) is 51.6 Å². The van der Waals surface area contributed by atoms with Gasteiger partial charge in [-0.2, -0.15) is 5.10 Å². The van der Waals surface area contributed by atoms with Gasteiger partial charge >= 0.3 is 0 Å². The first-order valence-electron chi connectivity index (χ1n) is 11.8. The molecule has 0 saturated heterocycles. The third-order valence-electron chi connectivity index (χ3n) is 7.14. The van der Waals surface area contributed by atoms with Gasteiger partial charge in [0.05, 0.1) is 34.8 Å². The number of benzene rings is 1. The molecule has 0 bridgehead atoms. The molecule has 1 atom stereocenters. The SMILES string of the molecule is Cc1nn(C)cc1-c1nc2cccc(-c3nc(C4CC4)n4c3CN(C)C(=O)C4C)c2cc1C(F)F. The van der Waals surface area contributed by atoms with Crippen molar-refractivity contribution >= 4 is 16.8 Å². The molecule has 0 N–H and O–H groups in total. The molecule has 1 fully saturated rings. The summed E-state index contributed by atoms with van der Waals surface area (Å²) in [4.78, 5) is 24.2. The van der Waals surface area contributed by atoms with E-state index in [1.54, 1.807) is 42.9 Å². The number of nitrogens with zero attached hydrogens (tertiary/aromatic N) is 6. The number of hydrogen-bond acceptors (Lipinski definition) is 4. The predicted molar refractivity (Wildman–Crippen MR) is 128 cm³/mol. The van der Waals surface area contributed by atoms with E-state index in [1.165, 1.54) is 0 Å². The maximum atomic E-state index is 14.3. The number of carbonyl (C=O) groups excluding carboxylic acids is 1. The fraction of sp³-hybridized carbons (Fsp3) is 0.385. The number of halogens is 2. The molecule has 1 aliphatic heterocycles. The lowest BCUT2D eigenvalue weighted by Gasteiger charge is -2.31. The fourth-order valence-electron chi connectivity index (χ4n) is 5.28. The quantitative estimate of drug-likeness (QED) is 0.408. The minimum absolute atomic E-state index is 0.0550. The molecule has 4 aromatic rings. The van der Waals surface area contributed by atoms with Crippen LogP contribution in [0, 0.1) is 6.92 Å². The third kappa shape index (κ3) is 3.36. The second-order valence-electron chi connectivity index (χ2n) is 9.68. The Balaban J connectivity index is 1.60. The molecule has 9 heteroatoms. The predicted octanol–water partition coefficient (Wildman–Crippen LogP) is 5.16. The van der Waals surface area contributed by atoms with Crippen LogP contribution in [0.5, 0.6) is 0 Å². The molecule has 6 rings (SSSR count). The Hall–Kier alpha value is -3.62. The molecule has 0 radical (unpaired) electrons. The van der Waals surface area contributed by atoms with Crippen LogP contribution in [0.2, 0.25) is 0 Å². The van der Waals surface area contributed by atoms with E-state index in [0.717, 1.165) is 35.6 Å². The average molecular weight is 477 g/mol. The normalized spacial score (nSPS) is 18.1. The topological polar surface area (TPSA) is 68.8 Å². The van der Waals surface area contributed by atoms with Crippen LogP contribution >= 0.6 is 0 Å². The van der Waals surface area contributed by atoms with E-state index >= 15 is 0 Å². The van der Waals surface area contributed by atoms with E-state index < -0.39 is 6.43 Å². The third-order valence-corrected chi connectivity index (χ3v) is 7.14. The molecule has 2 aliphatic rings. The average Bonchev–Trinajstić information content (AvgIpc) is 3.52. The monoisotopic (exact) mass is 476 g/mol. The van der Waals surface area contributed by atoms with Gasteiger partial charge in [-0.15, -0.1) is 0 Å². The van der Waals surface area contributed by atoms with Crippen molar-refractivity contribution in [2.24, 2.45) is 7.05 Å². The summed E-state index contributed by atoms with van der Waals surface area (Å²) in [5.74, 6) is 1.32. The van der Waals surface area contributed by atoms with Gasteiger partial charge in [0.15, 0.2) is 0 Å². The Kier molecular flexibility index (Phi) is 4.81. The molecule has 7 nitrogen and oxygen atoms in total. The van der Waals surface area contributed by atoms with Crippen molar-refractivity contribution in [1.82, 2.24) is 29.2 Å². The number of imidazole rings is 1. The zero-order valence-electron chi connectivity index (χ0n) is 20.1. The minimum Gasteiger partial charge on any atom is -0.338 e. The zero-order chi connectivity index (χ0) is 24.6. The Morgan fingerprint density at radius 2 is 1.86 bits per heavy atom. The second-order valence-corrected chi connectivity index (χ2v) is 9.68. The maximum absolute atomic E-state index is 14.3. The van der Waals surface area contributed by atoms with Gasteiger partial charge < -0.3 is 9.47 Å². The first kappa shape index (κ1) is 21.9. The maximum Gasteiger partial charge on any atom is 0.265 e. The summed E-state index contributed by atoms with van der Waals surface area (Å²) in [6, 6.07) is 6.84. The molecule has 1 saturated carbocycles. The molecule has 35 heavy (non-hydrogen) atoms. The van der Waals surface area contributed by atoms with Crippen molar-refractivity contribution in [3.05, 3.63) is 53.2 Å². The molecule has 0 spiro atoms. The Morgan fingerprint density at radius 1 is 1.09 bits per heavy atom. The van der Waals surface area contributed by atoms with E-state index in [1.807, 2.05) is 25.1 Å². The van der Waals surface area contributed by atoms with Crippen LogP contribution < -0.4 is 0 Å². The first-order valence-corrected chi connectivity index (χ1v) is 11.8. The second kappa shape index (κ2) is 7.69. The zero-order valence-corrected chi connectivity index (χ0v) is 20.1. The lowest BCUT2D eigenvalue weighted by Crippen LogP contribution is -2.39. The number of likely N-dealkylation sites (N-methyl/N-ethyl adjacent to an activating group) is 1. The van der Waals surface area contributed by atoms with Gasteiger partial charge in [0.1, 0.15) is 11.9 Å². The standard InChI is InChI=1S/C26H26F2N6O/c1-13-19(11-33(4)31-13)22-18(24(27)28)10-17-16(6-5-7-20(17)29-22)23-21-12-32(3)26(35)14(2)34(21)25(30-23)15-8-9-15/h5-7,10-11,14-15,24H,8-9,12H2,1-4H3. The summed E-state index contributed by atoms with van der Waals surface area (Å²) in [7, 11) is 3.55. The number of amides is 1. The highest BCUT2D eigenvalue weighted by atomic mass is 19.3. The number of aromatic nitrogens is 5. The van der Waals surface area contributed by atoms with Crippen LogP contribution in [-0.4, -0.2) is 42.2 Å². The van der Waals surface area contributed by atoms with Crippen LogP contribution in [0.15, 0.2) is 30.5 Å². The van der Waals surface area contributed by atoms with Crippen molar-refractivity contribution in [2.75, 3.05) is 7.05 Å². The Morgan fingerprint density at radius 3 is 2.51 bits per heavy atom. The van der Waals surface area contributed by atoms with Gasteiger partial charge in [0.2, 0.25) is 5.91 Å². The summed E-state index contributed by atoms with van der Waals surface area (Å²) >= 11 is 0. The number of rotatable bonds is 4. The molecule has 180 valence electrons. The van der Waals surface area contributed by atoms with Gasteiger partial charge in [-0.1, -0.05) is 12.1 Å². The van der Waals surface area contributed by atoms with Gasteiger partial charge in [-0.05, 0) is 38.8 Å². The van der Waals surface area contributed by atoms with Gasteiger partial charge in [0.25, 0.3) is 6.43 Å². The molecular formula is C26H26F2N6O. The van der Waals surface area contributed by atoms with Gasteiger partial charge in [-0.25, -0.2) is 18.7 Å². The van der Waals surface area contributed by atoms with Crippen LogP contribution in [0.25, 0.3) is 33.4 Å². The highest BCUT2D eigenvalue weighted by Crippen LogP contribution is 2.45. The summed E-state index contributed by atoms with van der Waals surface area (Å²) in [6.45, 7) is 4.13. The Labute approximate surface area is 201 Å². The first-order chi connectivity index (χ1) is 16.7. The van der Waals surface area contributed by atoms with E-state index in [2.05, 4.69) is 9.67 Å². The van der Waals surface area contributed by atoms with E-state index in [0.29, 0.717) is 34.6 Å². The summed E-state index contributed by atoms with van der Waals surface area (Å²) in [5.41, 5.74) is 4.44. The number of pyridine rings is 1. The highest BCUT2D eigenvalue weighted by Gasteiger charge is 2.38. The molecule has 1 aromatic carbocycles. The molecular weight excluding hydrogens is 450 g/mol. The summed E-state index contributed by atoms with van der Waals surface area (Å²) < 4.78 is 32.3. The van der Waals surface area contributed by atoms with Crippen molar-refractivity contribution in [3.63, 3.8) is 0 Å². The lowest BCUT2D eigenvalue weighted by atomic mass is 9.98. The van der Waals surface area contributed by atoms with Crippen molar-refractivity contribution in [1.29, 1.82) is 0 Å². The number of aryl methyl sites for hydroxylation is 2. The summed E-state index contributed by atoms with van der Waals surface area (Å²) in [5, 5.41) is 4.94. The van der Waals surface area contributed by atoms with E-state index in [9.17, 15) is 13.6 Å². The molecule has 4 heterocycles. The minimum atomic E-state index is -2.70. The van der Waals surface area contributed by atoms with Crippen LogP contribution in [0.4, 0.5) is 8.78 Å². The number of hydrogen-bond donors (Lipinski definition) is 0. The van der Waals surface area contributed by atoms with Crippen LogP contribution in [-0.2, 0) is 18.4 Å². The molecule has 1 unspecified atom stereocenters. The van der Waals surface area contributed by atoms with Crippen LogP contribution in [0.1, 0.15) is 60.9 Å². The lowest BCUT2D eigenvalue weighted by molar-refractivity contribution is -0.135. The van der Waals surface area contributed by atoms with E-state index in [-0.39, 0.29) is 23.2 Å². The highest BCUT2D eigenvalue weighted by molar-refractivity contribution is 5.96. The van der Waals surface area contributed by atoms with Gasteiger partial charge in [0, 0.05) is 48.3 Å². The molecule has 3 aromatic heterocycles. The molecule has 1 aliphatic carbocycles. The molecule has 1 amide bonds.